The highest BCUT2D eigenvalue weighted by atomic mass is 79.9. The lowest BCUT2D eigenvalue weighted by molar-refractivity contribution is 0.318. The SMILES string of the molecule is CN(Cc1cccc(Br)c1)Cc1cc(F)ccc1C#N. The van der Waals surface area contributed by atoms with Gasteiger partial charge in [-0.15, -0.1) is 0 Å². The van der Waals surface area contributed by atoms with E-state index in [2.05, 4.69) is 26.9 Å². The van der Waals surface area contributed by atoms with Gasteiger partial charge in [-0.3, -0.25) is 4.90 Å². The molecule has 2 aromatic rings. The lowest BCUT2D eigenvalue weighted by Gasteiger charge is -2.17. The second kappa shape index (κ2) is 6.65. The third kappa shape index (κ3) is 3.89. The van der Waals surface area contributed by atoms with Crippen molar-refractivity contribution in [2.45, 2.75) is 13.1 Å². The Labute approximate surface area is 126 Å². The van der Waals surface area contributed by atoms with Gasteiger partial charge < -0.3 is 0 Å². The Morgan fingerprint density at radius 1 is 1.20 bits per heavy atom. The molecule has 0 aromatic heterocycles. The Bertz CT molecular complexity index is 649. The van der Waals surface area contributed by atoms with Crippen LogP contribution in [0.5, 0.6) is 0 Å². The number of benzene rings is 2. The van der Waals surface area contributed by atoms with Crippen LogP contribution in [0.3, 0.4) is 0 Å². The average molecular weight is 333 g/mol. The number of nitrogens with zero attached hydrogens (tertiary/aromatic N) is 2. The van der Waals surface area contributed by atoms with Crippen LogP contribution in [0.25, 0.3) is 0 Å². The van der Waals surface area contributed by atoms with Gasteiger partial charge in [0.05, 0.1) is 11.6 Å². The van der Waals surface area contributed by atoms with Gasteiger partial charge in [0, 0.05) is 17.6 Å². The van der Waals surface area contributed by atoms with E-state index >= 15 is 0 Å². The van der Waals surface area contributed by atoms with Gasteiger partial charge in [-0.1, -0.05) is 28.1 Å². The van der Waals surface area contributed by atoms with Crippen molar-refractivity contribution in [1.29, 1.82) is 5.26 Å². The molecule has 0 saturated carbocycles. The zero-order valence-electron chi connectivity index (χ0n) is 11.1. The van der Waals surface area contributed by atoms with Crippen LogP contribution in [0, 0.1) is 17.1 Å². The van der Waals surface area contributed by atoms with E-state index < -0.39 is 0 Å². The third-order valence-electron chi connectivity index (χ3n) is 2.97. The van der Waals surface area contributed by atoms with E-state index in [1.165, 1.54) is 18.2 Å². The summed E-state index contributed by atoms with van der Waals surface area (Å²) in [6, 6.07) is 14.4. The van der Waals surface area contributed by atoms with Crippen LogP contribution < -0.4 is 0 Å². The summed E-state index contributed by atoms with van der Waals surface area (Å²) in [6.07, 6.45) is 0. The molecule has 4 heteroatoms. The molecule has 20 heavy (non-hydrogen) atoms. The number of hydrogen-bond acceptors (Lipinski definition) is 2. The summed E-state index contributed by atoms with van der Waals surface area (Å²) in [5.41, 5.74) is 2.40. The molecule has 0 amide bonds. The molecule has 0 heterocycles. The van der Waals surface area contributed by atoms with Gasteiger partial charge in [-0.2, -0.15) is 5.26 Å². The van der Waals surface area contributed by atoms with Gasteiger partial charge in [-0.25, -0.2) is 4.39 Å². The first kappa shape index (κ1) is 14.7. The lowest BCUT2D eigenvalue weighted by Crippen LogP contribution is -2.18. The van der Waals surface area contributed by atoms with Gasteiger partial charge in [0.15, 0.2) is 0 Å². The maximum Gasteiger partial charge on any atom is 0.123 e. The maximum atomic E-state index is 13.3. The van der Waals surface area contributed by atoms with Crippen molar-refractivity contribution in [1.82, 2.24) is 4.90 Å². The summed E-state index contributed by atoms with van der Waals surface area (Å²) >= 11 is 3.44. The van der Waals surface area contributed by atoms with Crippen LogP contribution in [0.4, 0.5) is 4.39 Å². The van der Waals surface area contributed by atoms with Crippen molar-refractivity contribution in [2.24, 2.45) is 0 Å². The van der Waals surface area contributed by atoms with Crippen molar-refractivity contribution < 1.29 is 4.39 Å². The van der Waals surface area contributed by atoms with Crippen LogP contribution in [0.1, 0.15) is 16.7 Å². The Morgan fingerprint density at radius 2 is 2.00 bits per heavy atom. The van der Waals surface area contributed by atoms with Gasteiger partial charge in [0.25, 0.3) is 0 Å². The first-order chi connectivity index (χ1) is 9.58. The highest BCUT2D eigenvalue weighted by Gasteiger charge is 2.08. The summed E-state index contributed by atoms with van der Waals surface area (Å²) in [4.78, 5) is 2.05. The molecule has 0 unspecified atom stereocenters. The van der Waals surface area contributed by atoms with Gasteiger partial charge in [0.1, 0.15) is 5.82 Å². The number of hydrogen-bond donors (Lipinski definition) is 0. The van der Waals surface area contributed by atoms with Gasteiger partial charge in [-0.05, 0) is 48.5 Å². The molecule has 0 aliphatic rings. The molecule has 2 aromatic carbocycles. The van der Waals surface area contributed by atoms with Crippen LogP contribution in [0.15, 0.2) is 46.9 Å². The Hall–Kier alpha value is -1.70. The number of nitriles is 1. The first-order valence-corrected chi connectivity index (χ1v) is 6.99. The molecule has 0 aliphatic heterocycles. The van der Waals surface area contributed by atoms with Crippen molar-refractivity contribution in [2.75, 3.05) is 7.05 Å². The molecule has 0 spiro atoms. The molecule has 0 radical (unpaired) electrons. The molecule has 0 saturated heterocycles. The average Bonchev–Trinajstić information content (AvgIpc) is 2.38. The number of halogens is 2. The molecule has 2 rings (SSSR count). The molecule has 0 fully saturated rings. The van der Waals surface area contributed by atoms with Crippen molar-refractivity contribution in [3.63, 3.8) is 0 Å². The van der Waals surface area contributed by atoms with E-state index in [9.17, 15) is 4.39 Å². The Morgan fingerprint density at radius 3 is 2.70 bits per heavy atom. The first-order valence-electron chi connectivity index (χ1n) is 6.20. The van der Waals surface area contributed by atoms with Crippen LogP contribution in [-0.4, -0.2) is 11.9 Å². The normalized spacial score (nSPS) is 10.6. The summed E-state index contributed by atoms with van der Waals surface area (Å²) in [6.45, 7) is 1.27. The summed E-state index contributed by atoms with van der Waals surface area (Å²) in [5.74, 6) is -0.310. The predicted octanol–water partition coefficient (Wildman–Crippen LogP) is 4.09. The molecular weight excluding hydrogens is 319 g/mol. The second-order valence-electron chi connectivity index (χ2n) is 4.72. The second-order valence-corrected chi connectivity index (χ2v) is 5.63. The van der Waals surface area contributed by atoms with Crippen LogP contribution in [0.2, 0.25) is 0 Å². The van der Waals surface area contributed by atoms with E-state index in [4.69, 9.17) is 5.26 Å². The van der Waals surface area contributed by atoms with Gasteiger partial charge in [0.2, 0.25) is 0 Å². The fourth-order valence-electron chi connectivity index (χ4n) is 2.10. The van der Waals surface area contributed by atoms with Crippen molar-refractivity contribution in [3.05, 3.63) is 69.4 Å². The minimum absolute atomic E-state index is 0.310. The standard InChI is InChI=1S/C16H14BrFN2/c1-20(10-12-3-2-4-15(17)7-12)11-14-8-16(18)6-5-13(14)9-19/h2-8H,10-11H2,1H3. The smallest absolute Gasteiger partial charge is 0.123 e. The van der Waals surface area contributed by atoms with E-state index in [1.54, 1.807) is 0 Å². The lowest BCUT2D eigenvalue weighted by atomic mass is 10.1. The summed E-state index contributed by atoms with van der Waals surface area (Å²) in [5, 5.41) is 9.05. The van der Waals surface area contributed by atoms with Crippen LogP contribution >= 0.6 is 15.9 Å². The number of rotatable bonds is 4. The molecule has 2 nitrogen and oxygen atoms in total. The predicted molar refractivity (Wildman–Crippen MR) is 80.4 cm³/mol. The third-order valence-corrected chi connectivity index (χ3v) is 3.46. The zero-order valence-corrected chi connectivity index (χ0v) is 12.7. The highest BCUT2D eigenvalue weighted by molar-refractivity contribution is 9.10. The van der Waals surface area contributed by atoms with E-state index in [1.807, 2.05) is 31.3 Å². The molecule has 0 aliphatic carbocycles. The fourth-order valence-corrected chi connectivity index (χ4v) is 2.54. The minimum Gasteiger partial charge on any atom is -0.298 e. The topological polar surface area (TPSA) is 27.0 Å². The fraction of sp³-hybridized carbons (Fsp3) is 0.188. The molecule has 102 valence electrons. The molecule has 0 N–H and O–H groups in total. The Balaban J connectivity index is 2.10. The van der Waals surface area contributed by atoms with Crippen LogP contribution in [-0.2, 0) is 13.1 Å². The van der Waals surface area contributed by atoms with E-state index in [-0.39, 0.29) is 5.82 Å². The highest BCUT2D eigenvalue weighted by Crippen LogP contribution is 2.16. The minimum atomic E-state index is -0.310. The quantitative estimate of drug-likeness (QED) is 0.843. The maximum absolute atomic E-state index is 13.3. The summed E-state index contributed by atoms with van der Waals surface area (Å²) < 4.78 is 14.3. The molecule has 0 bridgehead atoms. The van der Waals surface area contributed by atoms with Crippen molar-refractivity contribution >= 4 is 15.9 Å². The van der Waals surface area contributed by atoms with E-state index in [0.717, 1.165) is 16.6 Å². The van der Waals surface area contributed by atoms with Crippen molar-refractivity contribution in [3.8, 4) is 6.07 Å². The zero-order chi connectivity index (χ0) is 14.5. The molecular formula is C16H14BrFN2. The largest absolute Gasteiger partial charge is 0.298 e. The molecule has 0 atom stereocenters. The Kier molecular flexibility index (Phi) is 4.89. The monoisotopic (exact) mass is 332 g/mol. The summed E-state index contributed by atoms with van der Waals surface area (Å²) in [7, 11) is 1.95. The van der Waals surface area contributed by atoms with Gasteiger partial charge >= 0.3 is 0 Å². The van der Waals surface area contributed by atoms with E-state index in [0.29, 0.717) is 17.7 Å².